The van der Waals surface area contributed by atoms with Gasteiger partial charge in [-0.25, -0.2) is 0 Å². The number of hydrogen-bond acceptors (Lipinski definition) is 6. The lowest BCUT2D eigenvalue weighted by atomic mass is 9.83. The molecule has 0 radical (unpaired) electrons. The number of nitrogens with zero attached hydrogens (tertiary/aromatic N) is 4. The number of aryl methyl sites for hydroxylation is 1. The topological polar surface area (TPSA) is 86.6 Å². The molecule has 190 valence electrons. The van der Waals surface area contributed by atoms with Crippen LogP contribution in [-0.4, -0.2) is 52.0 Å². The van der Waals surface area contributed by atoms with Crippen molar-refractivity contribution in [1.82, 2.24) is 19.9 Å². The van der Waals surface area contributed by atoms with E-state index in [-0.39, 0.29) is 17.8 Å². The van der Waals surface area contributed by atoms with Gasteiger partial charge in [-0.3, -0.25) is 14.3 Å². The van der Waals surface area contributed by atoms with Crippen LogP contribution < -0.4 is 4.74 Å². The van der Waals surface area contributed by atoms with E-state index in [0.717, 1.165) is 30.0 Å². The second-order valence-corrected chi connectivity index (χ2v) is 9.00. The molecule has 2 heterocycles. The molecule has 0 bridgehead atoms. The van der Waals surface area contributed by atoms with Crippen LogP contribution in [0.1, 0.15) is 65.3 Å². The Hall–Kier alpha value is -3.68. The largest absolute Gasteiger partial charge is 0.497 e. The molecular formula is C28H34N4O4. The van der Waals surface area contributed by atoms with Gasteiger partial charge in [-0.15, -0.1) is 5.10 Å². The number of aromatic nitrogens is 3. The second kappa shape index (κ2) is 11.8. The van der Waals surface area contributed by atoms with Crippen molar-refractivity contribution in [1.29, 1.82) is 0 Å². The summed E-state index contributed by atoms with van der Waals surface area (Å²) in [7, 11) is 1.61. The molecule has 1 unspecified atom stereocenters. The molecule has 1 aliphatic rings. The van der Waals surface area contributed by atoms with Gasteiger partial charge in [-0.05, 0) is 73.6 Å². The number of carbonyl (C=O) groups is 2. The lowest BCUT2D eigenvalue weighted by Crippen LogP contribution is -2.36. The van der Waals surface area contributed by atoms with Gasteiger partial charge >= 0.3 is 5.97 Å². The quantitative estimate of drug-likeness (QED) is 0.397. The first-order chi connectivity index (χ1) is 17.5. The van der Waals surface area contributed by atoms with Crippen molar-refractivity contribution < 1.29 is 19.1 Å². The first-order valence-corrected chi connectivity index (χ1v) is 12.6. The van der Waals surface area contributed by atoms with Crippen molar-refractivity contribution in [2.24, 2.45) is 0 Å². The van der Waals surface area contributed by atoms with E-state index >= 15 is 0 Å². The molecule has 4 rings (SSSR count). The summed E-state index contributed by atoms with van der Waals surface area (Å²) >= 11 is 0. The maximum Gasteiger partial charge on any atom is 0.305 e. The van der Waals surface area contributed by atoms with Gasteiger partial charge in [0.1, 0.15) is 5.75 Å². The van der Waals surface area contributed by atoms with Crippen molar-refractivity contribution in [2.75, 3.05) is 20.3 Å². The Kier molecular flexibility index (Phi) is 8.36. The van der Waals surface area contributed by atoms with Gasteiger partial charge in [0.2, 0.25) is 0 Å². The monoisotopic (exact) mass is 490 g/mol. The lowest BCUT2D eigenvalue weighted by Gasteiger charge is -2.32. The Morgan fingerprint density at radius 1 is 1.11 bits per heavy atom. The fourth-order valence-corrected chi connectivity index (χ4v) is 4.84. The van der Waals surface area contributed by atoms with Gasteiger partial charge in [-0.2, -0.15) is 0 Å². The van der Waals surface area contributed by atoms with Gasteiger partial charge in [0.15, 0.2) is 0 Å². The van der Waals surface area contributed by atoms with Crippen LogP contribution in [0.5, 0.6) is 5.75 Å². The molecule has 1 aliphatic heterocycles. The summed E-state index contributed by atoms with van der Waals surface area (Å²) < 4.78 is 12.2. The van der Waals surface area contributed by atoms with Gasteiger partial charge in [-0.1, -0.05) is 23.4 Å². The number of amides is 1. The maximum atomic E-state index is 13.2. The van der Waals surface area contributed by atoms with E-state index < -0.39 is 0 Å². The number of benzene rings is 2. The van der Waals surface area contributed by atoms with Crippen molar-refractivity contribution >= 4 is 11.9 Å². The number of ether oxygens (including phenoxy) is 2. The highest BCUT2D eigenvalue weighted by Crippen LogP contribution is 2.33. The minimum Gasteiger partial charge on any atom is -0.497 e. The normalized spacial score (nSPS) is 13.7. The molecule has 1 amide bonds. The zero-order chi connectivity index (χ0) is 25.5. The van der Waals surface area contributed by atoms with Gasteiger partial charge in [0.05, 0.1) is 19.4 Å². The number of methoxy groups -OCH3 is 1. The first-order valence-electron chi connectivity index (χ1n) is 12.6. The van der Waals surface area contributed by atoms with Crippen molar-refractivity contribution in [3.63, 3.8) is 0 Å². The summed E-state index contributed by atoms with van der Waals surface area (Å²) in [5.41, 5.74) is 5.21. The molecule has 0 spiro atoms. The number of fused-ring (bicyclic) bond motifs is 1. The van der Waals surface area contributed by atoms with E-state index in [2.05, 4.69) is 28.5 Å². The van der Waals surface area contributed by atoms with E-state index in [0.29, 0.717) is 44.5 Å². The molecule has 0 N–H and O–H groups in total. The smallest absolute Gasteiger partial charge is 0.305 e. The fourth-order valence-electron chi connectivity index (χ4n) is 4.84. The number of rotatable bonds is 10. The van der Waals surface area contributed by atoms with Crippen LogP contribution >= 0.6 is 0 Å². The maximum absolute atomic E-state index is 13.2. The third-order valence-corrected chi connectivity index (χ3v) is 6.73. The molecule has 2 aromatic carbocycles. The summed E-state index contributed by atoms with van der Waals surface area (Å²) in [5.74, 6) is 0.674. The molecule has 36 heavy (non-hydrogen) atoms. The summed E-state index contributed by atoms with van der Waals surface area (Å²) in [6.45, 7) is 6.21. The predicted molar refractivity (Wildman–Crippen MR) is 136 cm³/mol. The number of hydrogen-bond donors (Lipinski definition) is 0. The summed E-state index contributed by atoms with van der Waals surface area (Å²) in [4.78, 5) is 27.2. The second-order valence-electron chi connectivity index (χ2n) is 9.00. The molecule has 0 saturated heterocycles. The van der Waals surface area contributed by atoms with Crippen LogP contribution in [-0.2, 0) is 35.5 Å². The van der Waals surface area contributed by atoms with Crippen LogP contribution in [0.25, 0.3) is 0 Å². The highest BCUT2D eigenvalue weighted by Gasteiger charge is 2.27. The van der Waals surface area contributed by atoms with E-state index in [1.165, 1.54) is 11.1 Å². The summed E-state index contributed by atoms with van der Waals surface area (Å²) in [6.07, 6.45) is 4.46. The van der Waals surface area contributed by atoms with Crippen LogP contribution in [0.15, 0.2) is 48.7 Å². The molecule has 1 atom stereocenters. The van der Waals surface area contributed by atoms with E-state index in [1.54, 1.807) is 7.11 Å². The Morgan fingerprint density at radius 3 is 2.61 bits per heavy atom. The van der Waals surface area contributed by atoms with Crippen LogP contribution in [0.3, 0.4) is 0 Å². The highest BCUT2D eigenvalue weighted by molar-refractivity contribution is 5.94. The highest BCUT2D eigenvalue weighted by atomic mass is 16.5. The predicted octanol–water partition coefficient (Wildman–Crippen LogP) is 4.17. The van der Waals surface area contributed by atoms with E-state index in [9.17, 15) is 9.59 Å². The Morgan fingerprint density at radius 2 is 1.92 bits per heavy atom. The zero-order valence-corrected chi connectivity index (χ0v) is 21.3. The molecule has 0 aliphatic carbocycles. The number of esters is 1. The third-order valence-electron chi connectivity index (χ3n) is 6.73. The van der Waals surface area contributed by atoms with Crippen molar-refractivity contribution in [2.45, 2.75) is 58.5 Å². The lowest BCUT2D eigenvalue weighted by molar-refractivity contribution is -0.143. The molecule has 1 aromatic heterocycles. The van der Waals surface area contributed by atoms with Crippen LogP contribution in [0.2, 0.25) is 0 Å². The minimum absolute atomic E-state index is 0.0174. The van der Waals surface area contributed by atoms with Crippen LogP contribution in [0, 0.1) is 0 Å². The average Bonchev–Trinajstić information content (AvgIpc) is 3.38. The first kappa shape index (κ1) is 25.4. The van der Waals surface area contributed by atoms with Gasteiger partial charge in [0.25, 0.3) is 5.91 Å². The van der Waals surface area contributed by atoms with E-state index in [1.807, 2.05) is 53.9 Å². The molecule has 0 fully saturated rings. The number of carbonyl (C=O) groups excluding carboxylic acids is 2. The molecular weight excluding hydrogens is 456 g/mol. The Bertz CT molecular complexity index is 1190. The van der Waals surface area contributed by atoms with Gasteiger partial charge in [0, 0.05) is 44.2 Å². The SMILES string of the molecule is CCOC(=O)CCC(Cc1cn(CC)nn1)c1cccc2c1CCN(C(=O)c1ccc(OC)cc1)C2. The van der Waals surface area contributed by atoms with Crippen molar-refractivity contribution in [3.8, 4) is 5.75 Å². The molecule has 8 heteroatoms. The van der Waals surface area contributed by atoms with Crippen LogP contribution in [0.4, 0.5) is 0 Å². The van der Waals surface area contributed by atoms with Gasteiger partial charge < -0.3 is 14.4 Å². The average molecular weight is 491 g/mol. The fraction of sp³-hybridized carbons (Fsp3) is 0.429. The standard InChI is InChI=1S/C28H34N4O4/c1-4-32-19-23(29-30-32)17-21(11-14-27(33)36-5-2)25-8-6-7-22-18-31(16-15-26(22)25)28(34)20-9-12-24(35-3)13-10-20/h6-10,12-13,19,21H,4-5,11,14-18H2,1-3H3. The molecule has 0 saturated carbocycles. The Labute approximate surface area is 212 Å². The Balaban J connectivity index is 1.55. The third kappa shape index (κ3) is 5.93. The summed E-state index contributed by atoms with van der Waals surface area (Å²) in [6, 6.07) is 13.5. The zero-order valence-electron chi connectivity index (χ0n) is 21.3. The molecule has 8 nitrogen and oxygen atoms in total. The minimum atomic E-state index is -0.180. The van der Waals surface area contributed by atoms with Crippen molar-refractivity contribution in [3.05, 3.63) is 76.6 Å². The van der Waals surface area contributed by atoms with E-state index in [4.69, 9.17) is 9.47 Å². The molecule has 3 aromatic rings. The summed E-state index contributed by atoms with van der Waals surface area (Å²) in [5, 5.41) is 8.53.